The molecule has 2 aromatic carbocycles. The summed E-state index contributed by atoms with van der Waals surface area (Å²) < 4.78 is 51.1. The predicted octanol–water partition coefficient (Wildman–Crippen LogP) is 3.81. The first-order valence-corrected chi connectivity index (χ1v) is 8.42. The Bertz CT molecular complexity index is 869. The van der Waals surface area contributed by atoms with Gasteiger partial charge in [-0.2, -0.15) is 18.4 Å². The van der Waals surface area contributed by atoms with Gasteiger partial charge in [-0.25, -0.2) is 8.78 Å². The van der Waals surface area contributed by atoms with Gasteiger partial charge in [-0.15, -0.1) is 0 Å². The van der Waals surface area contributed by atoms with Crippen molar-refractivity contribution in [1.29, 1.82) is 0 Å². The van der Waals surface area contributed by atoms with E-state index in [0.717, 1.165) is 17.7 Å². The van der Waals surface area contributed by atoms with E-state index in [1.165, 1.54) is 12.1 Å². The fourth-order valence-corrected chi connectivity index (χ4v) is 3.02. The second-order valence-corrected chi connectivity index (χ2v) is 6.93. The molecule has 122 valence electrons. The summed E-state index contributed by atoms with van der Waals surface area (Å²) in [7, 11) is -4.00. The van der Waals surface area contributed by atoms with Crippen LogP contribution in [0.3, 0.4) is 0 Å². The van der Waals surface area contributed by atoms with E-state index in [4.69, 9.17) is 23.2 Å². The maximum absolute atomic E-state index is 13.7. The predicted molar refractivity (Wildman–Crippen MR) is 85.3 cm³/mol. The smallest absolute Gasteiger partial charge is 0.206 e. The van der Waals surface area contributed by atoms with Gasteiger partial charge in [-0.1, -0.05) is 40.9 Å². The highest BCUT2D eigenvalue weighted by Gasteiger charge is 2.18. The molecule has 0 atom stereocenters. The van der Waals surface area contributed by atoms with E-state index in [9.17, 15) is 17.2 Å². The highest BCUT2D eigenvalue weighted by molar-refractivity contribution is 7.89. The fraction of sp³-hybridized carbons (Fsp3) is 0.0714. The molecule has 1 N–H and O–H groups in total. The zero-order valence-corrected chi connectivity index (χ0v) is 14.0. The normalized spacial score (nSPS) is 12.3. The molecular formula is C14H10Cl2F2N2O2S. The summed E-state index contributed by atoms with van der Waals surface area (Å²) in [6.07, 6.45) is 0. The standard InChI is InChI=1S/C14H10Cl2F2N2O2S/c1-8-2-4-9(5-3-8)23(21,22)20-19-14(16)12-10(17)6-7-11(18)13(12)15/h2-7,20H,1H3/b19-14-. The van der Waals surface area contributed by atoms with Gasteiger partial charge in [0.2, 0.25) is 0 Å². The second kappa shape index (κ2) is 6.82. The molecule has 0 bridgehead atoms. The Kier molecular flexibility index (Phi) is 5.23. The van der Waals surface area contributed by atoms with E-state index < -0.39 is 37.4 Å². The van der Waals surface area contributed by atoms with Gasteiger partial charge in [-0.05, 0) is 31.2 Å². The number of aryl methyl sites for hydroxylation is 1. The Labute approximate surface area is 141 Å². The third kappa shape index (κ3) is 3.99. The van der Waals surface area contributed by atoms with Gasteiger partial charge in [0.15, 0.2) is 5.17 Å². The number of halogens is 4. The van der Waals surface area contributed by atoms with Gasteiger partial charge in [-0.3, -0.25) is 0 Å². The molecule has 0 spiro atoms. The van der Waals surface area contributed by atoms with Crippen LogP contribution in [0.15, 0.2) is 46.4 Å². The van der Waals surface area contributed by atoms with Gasteiger partial charge in [0.05, 0.1) is 15.5 Å². The van der Waals surface area contributed by atoms with E-state index >= 15 is 0 Å². The van der Waals surface area contributed by atoms with Crippen molar-refractivity contribution in [3.8, 4) is 0 Å². The molecule has 0 saturated heterocycles. The monoisotopic (exact) mass is 378 g/mol. The van der Waals surface area contributed by atoms with E-state index in [2.05, 4.69) is 5.10 Å². The van der Waals surface area contributed by atoms with Crippen molar-refractivity contribution in [1.82, 2.24) is 4.83 Å². The molecule has 0 aromatic heterocycles. The number of benzene rings is 2. The third-order valence-corrected chi connectivity index (χ3v) is 4.71. The molecule has 0 aliphatic heterocycles. The molecule has 0 saturated carbocycles. The lowest BCUT2D eigenvalue weighted by Crippen LogP contribution is -2.20. The lowest BCUT2D eigenvalue weighted by Gasteiger charge is -2.07. The van der Waals surface area contributed by atoms with Gasteiger partial charge < -0.3 is 0 Å². The average Bonchev–Trinajstić information content (AvgIpc) is 2.50. The Morgan fingerprint density at radius 3 is 2.26 bits per heavy atom. The number of rotatable bonds is 4. The molecule has 0 unspecified atom stereocenters. The van der Waals surface area contributed by atoms with E-state index in [-0.39, 0.29) is 4.90 Å². The molecule has 23 heavy (non-hydrogen) atoms. The molecule has 0 aliphatic rings. The first-order valence-electron chi connectivity index (χ1n) is 6.18. The molecular weight excluding hydrogens is 369 g/mol. The van der Waals surface area contributed by atoms with Crippen molar-refractivity contribution in [2.24, 2.45) is 5.10 Å². The highest BCUT2D eigenvalue weighted by Crippen LogP contribution is 2.24. The maximum atomic E-state index is 13.7. The molecule has 0 aliphatic carbocycles. The number of hydrogen-bond acceptors (Lipinski definition) is 3. The van der Waals surface area contributed by atoms with E-state index in [1.807, 2.05) is 4.83 Å². The number of sulfonamides is 1. The maximum Gasteiger partial charge on any atom is 0.276 e. The quantitative estimate of drug-likeness (QED) is 0.499. The molecule has 2 rings (SSSR count). The minimum atomic E-state index is -4.00. The summed E-state index contributed by atoms with van der Waals surface area (Å²) in [4.78, 5) is 1.79. The summed E-state index contributed by atoms with van der Waals surface area (Å²) in [6, 6.07) is 7.57. The van der Waals surface area contributed by atoms with Crippen LogP contribution in [0.2, 0.25) is 5.02 Å². The Morgan fingerprint density at radius 1 is 1.09 bits per heavy atom. The van der Waals surface area contributed by atoms with Crippen molar-refractivity contribution in [3.05, 3.63) is 64.2 Å². The molecule has 0 amide bonds. The van der Waals surface area contributed by atoms with Gasteiger partial charge >= 0.3 is 0 Å². The highest BCUT2D eigenvalue weighted by atomic mass is 35.5. The fourth-order valence-electron chi connectivity index (χ4n) is 1.64. The van der Waals surface area contributed by atoms with Crippen LogP contribution in [-0.2, 0) is 10.0 Å². The summed E-state index contributed by atoms with van der Waals surface area (Å²) in [5.41, 5.74) is 0.346. The summed E-state index contributed by atoms with van der Waals surface area (Å²) in [5, 5.41) is 2.17. The summed E-state index contributed by atoms with van der Waals surface area (Å²) in [6.45, 7) is 1.80. The van der Waals surface area contributed by atoms with Gasteiger partial charge in [0.25, 0.3) is 10.0 Å². The molecule has 0 radical (unpaired) electrons. The van der Waals surface area contributed by atoms with Crippen LogP contribution >= 0.6 is 23.2 Å². The third-order valence-electron chi connectivity index (χ3n) is 2.85. The Balaban J connectivity index is 2.33. The summed E-state index contributed by atoms with van der Waals surface area (Å²) >= 11 is 11.4. The van der Waals surface area contributed by atoms with Crippen LogP contribution in [0, 0.1) is 18.6 Å². The van der Waals surface area contributed by atoms with E-state index in [1.54, 1.807) is 19.1 Å². The zero-order valence-electron chi connectivity index (χ0n) is 11.6. The van der Waals surface area contributed by atoms with Crippen LogP contribution in [0.5, 0.6) is 0 Å². The largest absolute Gasteiger partial charge is 0.276 e. The minimum Gasteiger partial charge on any atom is -0.206 e. The summed E-state index contributed by atoms with van der Waals surface area (Å²) in [5.74, 6) is -1.84. The number of hydrazone groups is 1. The molecule has 4 nitrogen and oxygen atoms in total. The van der Waals surface area contributed by atoms with Crippen molar-refractivity contribution < 1.29 is 17.2 Å². The Morgan fingerprint density at radius 2 is 1.65 bits per heavy atom. The average molecular weight is 379 g/mol. The lowest BCUT2D eigenvalue weighted by molar-refractivity contribution is 0.584. The number of nitrogens with zero attached hydrogens (tertiary/aromatic N) is 1. The Hall–Kier alpha value is -1.70. The van der Waals surface area contributed by atoms with Crippen molar-refractivity contribution in [3.63, 3.8) is 0 Å². The molecule has 9 heteroatoms. The van der Waals surface area contributed by atoms with Crippen molar-refractivity contribution >= 4 is 38.4 Å². The van der Waals surface area contributed by atoms with E-state index in [0.29, 0.717) is 0 Å². The van der Waals surface area contributed by atoms with Crippen LogP contribution in [0.4, 0.5) is 8.78 Å². The van der Waals surface area contributed by atoms with Crippen molar-refractivity contribution in [2.45, 2.75) is 11.8 Å². The lowest BCUT2D eigenvalue weighted by atomic mass is 10.2. The number of nitrogens with one attached hydrogen (secondary N) is 1. The van der Waals surface area contributed by atoms with Gasteiger partial charge in [0, 0.05) is 0 Å². The van der Waals surface area contributed by atoms with Gasteiger partial charge in [0.1, 0.15) is 11.6 Å². The first kappa shape index (κ1) is 17.7. The van der Waals surface area contributed by atoms with Crippen LogP contribution in [0.1, 0.15) is 11.1 Å². The van der Waals surface area contributed by atoms with Crippen LogP contribution < -0.4 is 4.83 Å². The topological polar surface area (TPSA) is 58.5 Å². The second-order valence-electron chi connectivity index (χ2n) is 4.53. The SMILES string of the molecule is Cc1ccc(S(=O)(=O)N/N=C(\Cl)c2c(F)ccc(F)c2Cl)cc1. The first-order chi connectivity index (χ1) is 10.7. The molecule has 0 heterocycles. The van der Waals surface area contributed by atoms with Crippen LogP contribution in [-0.4, -0.2) is 13.6 Å². The minimum absolute atomic E-state index is 0.0536. The van der Waals surface area contributed by atoms with Crippen LogP contribution in [0.25, 0.3) is 0 Å². The zero-order chi connectivity index (χ0) is 17.2. The molecule has 0 fully saturated rings. The molecule has 2 aromatic rings. The number of hydrogen-bond donors (Lipinski definition) is 1. The van der Waals surface area contributed by atoms with Crippen molar-refractivity contribution in [2.75, 3.05) is 0 Å².